The predicted molar refractivity (Wildman–Crippen MR) is 88.0 cm³/mol. The van der Waals surface area contributed by atoms with Gasteiger partial charge in [-0.1, -0.05) is 15.9 Å². The molecule has 1 saturated heterocycles. The number of nitrogens with two attached hydrogens (primary N) is 2. The molecule has 0 unspecified atom stereocenters. The van der Waals surface area contributed by atoms with Crippen LogP contribution in [0.4, 0.5) is 11.4 Å². The van der Waals surface area contributed by atoms with Crippen LogP contribution >= 0.6 is 15.9 Å². The van der Waals surface area contributed by atoms with E-state index >= 15 is 0 Å². The molecule has 0 aliphatic carbocycles. The van der Waals surface area contributed by atoms with Gasteiger partial charge in [-0.25, -0.2) is 0 Å². The lowest BCUT2D eigenvalue weighted by atomic mass is 9.95. The van der Waals surface area contributed by atoms with E-state index < -0.39 is 0 Å². The van der Waals surface area contributed by atoms with Gasteiger partial charge in [0.1, 0.15) is 0 Å². The van der Waals surface area contributed by atoms with E-state index in [1.807, 2.05) is 18.2 Å². The zero-order chi connectivity index (χ0) is 15.0. The van der Waals surface area contributed by atoms with Gasteiger partial charge in [0, 0.05) is 28.9 Å². The number of amides is 1. The molecule has 2 aromatic rings. The highest BCUT2D eigenvalue weighted by atomic mass is 79.9. The van der Waals surface area contributed by atoms with E-state index in [0.29, 0.717) is 5.69 Å². The van der Waals surface area contributed by atoms with Crippen molar-refractivity contribution in [3.05, 3.63) is 28.9 Å². The van der Waals surface area contributed by atoms with Crippen LogP contribution in [0.15, 0.2) is 28.9 Å². The number of halogens is 1. The highest BCUT2D eigenvalue weighted by Crippen LogP contribution is 2.35. The molecule has 0 saturated carbocycles. The first kappa shape index (κ1) is 14.1. The SMILES string of the molecule is NC(=O)C1CCN(c2c(N)cnc3ccc(Br)cc23)CC1. The van der Waals surface area contributed by atoms with Crippen LogP contribution in [0.2, 0.25) is 0 Å². The summed E-state index contributed by atoms with van der Waals surface area (Å²) in [7, 11) is 0. The molecule has 6 heteroatoms. The third-order valence-corrected chi connectivity index (χ3v) is 4.54. The fourth-order valence-corrected chi connectivity index (χ4v) is 3.27. The number of nitrogens with zero attached hydrogens (tertiary/aromatic N) is 2. The third kappa shape index (κ3) is 2.68. The number of primary amides is 1. The van der Waals surface area contributed by atoms with Crippen LogP contribution in [-0.4, -0.2) is 24.0 Å². The molecule has 21 heavy (non-hydrogen) atoms. The summed E-state index contributed by atoms with van der Waals surface area (Å²) < 4.78 is 0.996. The molecule has 1 amide bonds. The molecule has 0 spiro atoms. The first-order valence-electron chi connectivity index (χ1n) is 6.94. The van der Waals surface area contributed by atoms with E-state index in [-0.39, 0.29) is 11.8 Å². The Morgan fingerprint density at radius 1 is 1.33 bits per heavy atom. The summed E-state index contributed by atoms with van der Waals surface area (Å²) in [5, 5.41) is 1.03. The number of nitrogen functional groups attached to an aromatic ring is 1. The second-order valence-corrected chi connectivity index (χ2v) is 6.30. The summed E-state index contributed by atoms with van der Waals surface area (Å²) in [6, 6.07) is 5.97. The number of aromatic nitrogens is 1. The van der Waals surface area contributed by atoms with Crippen molar-refractivity contribution in [1.82, 2.24) is 4.98 Å². The van der Waals surface area contributed by atoms with E-state index in [4.69, 9.17) is 11.5 Å². The number of carbonyl (C=O) groups excluding carboxylic acids is 1. The van der Waals surface area contributed by atoms with Gasteiger partial charge in [-0.05, 0) is 31.0 Å². The van der Waals surface area contributed by atoms with Crippen LogP contribution in [0, 0.1) is 5.92 Å². The van der Waals surface area contributed by atoms with Crippen molar-refractivity contribution in [1.29, 1.82) is 0 Å². The van der Waals surface area contributed by atoms with Gasteiger partial charge in [-0.3, -0.25) is 9.78 Å². The number of pyridine rings is 1. The molecule has 1 aliphatic heterocycles. The van der Waals surface area contributed by atoms with E-state index in [0.717, 1.165) is 47.0 Å². The maximum atomic E-state index is 11.3. The highest BCUT2D eigenvalue weighted by Gasteiger charge is 2.25. The Hall–Kier alpha value is -1.82. The summed E-state index contributed by atoms with van der Waals surface area (Å²) >= 11 is 3.50. The lowest BCUT2D eigenvalue weighted by Gasteiger charge is -2.33. The molecule has 0 radical (unpaired) electrons. The maximum absolute atomic E-state index is 11.3. The monoisotopic (exact) mass is 348 g/mol. The average molecular weight is 349 g/mol. The predicted octanol–water partition coefficient (Wildman–Crippen LogP) is 2.28. The van der Waals surface area contributed by atoms with E-state index in [2.05, 4.69) is 25.8 Å². The van der Waals surface area contributed by atoms with Crippen LogP contribution in [0.5, 0.6) is 0 Å². The van der Waals surface area contributed by atoms with Gasteiger partial charge in [-0.15, -0.1) is 0 Å². The Bertz CT molecular complexity index is 690. The summed E-state index contributed by atoms with van der Waals surface area (Å²) in [6.07, 6.45) is 3.24. The summed E-state index contributed by atoms with van der Waals surface area (Å²) in [4.78, 5) is 17.9. The van der Waals surface area contributed by atoms with Gasteiger partial charge in [-0.2, -0.15) is 0 Å². The molecular weight excluding hydrogens is 332 g/mol. The lowest BCUT2D eigenvalue weighted by molar-refractivity contribution is -0.122. The molecule has 3 rings (SSSR count). The van der Waals surface area contributed by atoms with Gasteiger partial charge >= 0.3 is 0 Å². The summed E-state index contributed by atoms with van der Waals surface area (Å²) in [6.45, 7) is 1.56. The molecule has 1 aromatic heterocycles. The maximum Gasteiger partial charge on any atom is 0.220 e. The van der Waals surface area contributed by atoms with E-state index in [1.54, 1.807) is 6.20 Å². The summed E-state index contributed by atoms with van der Waals surface area (Å²) in [5.74, 6) is -0.229. The second-order valence-electron chi connectivity index (χ2n) is 5.39. The van der Waals surface area contributed by atoms with Gasteiger partial charge in [0.15, 0.2) is 0 Å². The quantitative estimate of drug-likeness (QED) is 0.871. The number of anilines is 2. The number of hydrogen-bond acceptors (Lipinski definition) is 4. The highest BCUT2D eigenvalue weighted by molar-refractivity contribution is 9.10. The first-order valence-corrected chi connectivity index (χ1v) is 7.73. The Morgan fingerprint density at radius 3 is 2.71 bits per heavy atom. The zero-order valence-electron chi connectivity index (χ0n) is 11.6. The van der Waals surface area contributed by atoms with Crippen LogP contribution in [0.25, 0.3) is 10.9 Å². The Labute approximate surface area is 131 Å². The third-order valence-electron chi connectivity index (χ3n) is 4.04. The molecule has 0 atom stereocenters. The zero-order valence-corrected chi connectivity index (χ0v) is 13.1. The minimum atomic E-state index is -0.204. The second kappa shape index (κ2) is 5.52. The Balaban J connectivity index is 1.99. The van der Waals surface area contributed by atoms with Gasteiger partial charge in [0.05, 0.1) is 23.1 Å². The van der Waals surface area contributed by atoms with Crippen LogP contribution in [0.3, 0.4) is 0 Å². The summed E-state index contributed by atoms with van der Waals surface area (Å²) in [5.41, 5.74) is 14.1. The van der Waals surface area contributed by atoms with Crippen molar-refractivity contribution in [3.63, 3.8) is 0 Å². The molecule has 2 heterocycles. The van der Waals surface area contributed by atoms with Crippen molar-refractivity contribution in [2.24, 2.45) is 11.7 Å². The van der Waals surface area contributed by atoms with Crippen molar-refractivity contribution >= 4 is 44.1 Å². The minimum Gasteiger partial charge on any atom is -0.396 e. The first-order chi connectivity index (χ1) is 10.1. The normalized spacial score (nSPS) is 16.3. The Kier molecular flexibility index (Phi) is 3.71. The van der Waals surface area contributed by atoms with Crippen molar-refractivity contribution in [2.75, 3.05) is 23.7 Å². The smallest absolute Gasteiger partial charge is 0.220 e. The fourth-order valence-electron chi connectivity index (χ4n) is 2.91. The van der Waals surface area contributed by atoms with Gasteiger partial charge in [0.2, 0.25) is 5.91 Å². The fraction of sp³-hybridized carbons (Fsp3) is 0.333. The van der Waals surface area contributed by atoms with Gasteiger partial charge in [0.25, 0.3) is 0 Å². The molecule has 110 valence electrons. The van der Waals surface area contributed by atoms with Crippen LogP contribution in [-0.2, 0) is 4.79 Å². The van der Waals surface area contributed by atoms with Crippen molar-refractivity contribution in [2.45, 2.75) is 12.8 Å². The van der Waals surface area contributed by atoms with E-state index in [9.17, 15) is 4.79 Å². The van der Waals surface area contributed by atoms with Gasteiger partial charge < -0.3 is 16.4 Å². The Morgan fingerprint density at radius 2 is 2.05 bits per heavy atom. The number of piperidine rings is 1. The molecule has 0 bridgehead atoms. The topological polar surface area (TPSA) is 85.2 Å². The minimum absolute atomic E-state index is 0.0256. The number of hydrogen-bond donors (Lipinski definition) is 2. The lowest BCUT2D eigenvalue weighted by Crippen LogP contribution is -2.39. The van der Waals surface area contributed by atoms with Crippen molar-refractivity contribution < 1.29 is 4.79 Å². The molecular formula is C15H17BrN4O. The molecule has 4 N–H and O–H groups in total. The van der Waals surface area contributed by atoms with Crippen LogP contribution < -0.4 is 16.4 Å². The molecule has 1 aromatic carbocycles. The van der Waals surface area contributed by atoms with Crippen LogP contribution in [0.1, 0.15) is 12.8 Å². The van der Waals surface area contributed by atoms with E-state index in [1.165, 1.54) is 0 Å². The van der Waals surface area contributed by atoms with Crippen molar-refractivity contribution in [3.8, 4) is 0 Å². The standard InChI is InChI=1S/C15H17BrN4O/c16-10-1-2-13-11(7-10)14(12(17)8-19-13)20-5-3-9(4-6-20)15(18)21/h1-2,7-9H,3-6,17H2,(H2,18,21). The molecule has 1 fully saturated rings. The average Bonchev–Trinajstić information content (AvgIpc) is 2.47. The molecule has 5 nitrogen and oxygen atoms in total. The number of fused-ring (bicyclic) bond motifs is 1. The largest absolute Gasteiger partial charge is 0.396 e. The molecule has 1 aliphatic rings. The number of carbonyl (C=O) groups is 1. The number of benzene rings is 1. The number of rotatable bonds is 2.